The predicted molar refractivity (Wildman–Crippen MR) is 87.7 cm³/mol. The van der Waals surface area contributed by atoms with E-state index < -0.39 is 22.1 Å². The van der Waals surface area contributed by atoms with Gasteiger partial charge in [0.25, 0.3) is 15.6 Å². The van der Waals surface area contributed by atoms with E-state index in [9.17, 15) is 13.2 Å². The number of hydrogen-bond donors (Lipinski definition) is 1. The van der Waals surface area contributed by atoms with E-state index in [1.54, 1.807) is 19.3 Å². The number of nitrogens with one attached hydrogen (secondary N) is 1. The quantitative estimate of drug-likeness (QED) is 0.774. The van der Waals surface area contributed by atoms with Crippen molar-refractivity contribution in [3.63, 3.8) is 0 Å². The van der Waals surface area contributed by atoms with E-state index in [2.05, 4.69) is 14.8 Å². The zero-order valence-electron chi connectivity index (χ0n) is 13.8. The maximum Gasteiger partial charge on any atom is 0.274 e. The molecule has 1 N–H and O–H groups in total. The molecule has 1 aliphatic carbocycles. The molecule has 10 heteroatoms. The standard InChI is InChI=1S/C15H19N5O4S/c1-19-6-5-16-15(19)25(22,23)18-12-8-24-9-13(12)20-14(21)7-10-3-2-4-11(10)17-20/h5-7,12-13,18H,2-4,8-9H2,1H3. The van der Waals surface area contributed by atoms with Crippen molar-refractivity contribution in [2.75, 3.05) is 13.2 Å². The molecule has 1 saturated heterocycles. The third-order valence-corrected chi connectivity index (χ3v) is 6.16. The lowest BCUT2D eigenvalue weighted by molar-refractivity contribution is 0.181. The fourth-order valence-electron chi connectivity index (χ4n) is 3.41. The van der Waals surface area contributed by atoms with E-state index in [1.165, 1.54) is 15.4 Å². The second-order valence-electron chi connectivity index (χ2n) is 6.41. The summed E-state index contributed by atoms with van der Waals surface area (Å²) in [5.74, 6) is 0. The van der Waals surface area contributed by atoms with Crippen molar-refractivity contribution < 1.29 is 13.2 Å². The topological polar surface area (TPSA) is 108 Å². The number of rotatable bonds is 4. The van der Waals surface area contributed by atoms with Gasteiger partial charge < -0.3 is 9.30 Å². The lowest BCUT2D eigenvalue weighted by Crippen LogP contribution is -2.44. The Bertz CT molecular complexity index is 965. The minimum Gasteiger partial charge on any atom is -0.377 e. The lowest BCUT2D eigenvalue weighted by atomic mass is 10.2. The van der Waals surface area contributed by atoms with Crippen LogP contribution in [0.3, 0.4) is 0 Å². The molecule has 0 bridgehead atoms. The molecular weight excluding hydrogens is 346 g/mol. The van der Waals surface area contributed by atoms with E-state index >= 15 is 0 Å². The zero-order chi connectivity index (χ0) is 17.6. The van der Waals surface area contributed by atoms with Gasteiger partial charge in [-0.2, -0.15) is 5.10 Å². The van der Waals surface area contributed by atoms with Crippen LogP contribution in [-0.2, 0) is 34.6 Å². The zero-order valence-corrected chi connectivity index (χ0v) is 14.6. The van der Waals surface area contributed by atoms with Gasteiger partial charge >= 0.3 is 0 Å². The number of nitrogens with zero attached hydrogens (tertiary/aromatic N) is 4. The third kappa shape index (κ3) is 2.90. The van der Waals surface area contributed by atoms with Crippen LogP contribution in [0.4, 0.5) is 0 Å². The van der Waals surface area contributed by atoms with Gasteiger partial charge in [0.1, 0.15) is 0 Å². The van der Waals surface area contributed by atoms with Crippen molar-refractivity contribution in [1.82, 2.24) is 24.1 Å². The molecule has 25 heavy (non-hydrogen) atoms. The Balaban J connectivity index is 1.64. The van der Waals surface area contributed by atoms with E-state index in [0.29, 0.717) is 0 Å². The Morgan fingerprint density at radius 3 is 2.92 bits per heavy atom. The van der Waals surface area contributed by atoms with Gasteiger partial charge in [0.05, 0.1) is 31.0 Å². The molecule has 0 aromatic carbocycles. The monoisotopic (exact) mass is 365 g/mol. The Labute approximate surface area is 144 Å². The van der Waals surface area contributed by atoms with Crippen molar-refractivity contribution in [1.29, 1.82) is 0 Å². The normalized spacial score (nSPS) is 23.1. The molecule has 9 nitrogen and oxygen atoms in total. The molecule has 0 amide bonds. The van der Waals surface area contributed by atoms with E-state index in [1.807, 2.05) is 0 Å². The number of aryl methyl sites for hydroxylation is 3. The first-order valence-corrected chi connectivity index (χ1v) is 9.63. The predicted octanol–water partition coefficient (Wildman–Crippen LogP) is -0.616. The molecule has 0 spiro atoms. The summed E-state index contributed by atoms with van der Waals surface area (Å²) >= 11 is 0. The fourth-order valence-corrected chi connectivity index (χ4v) is 4.78. The average molecular weight is 365 g/mol. The molecule has 2 unspecified atom stereocenters. The van der Waals surface area contributed by atoms with Crippen LogP contribution in [0.1, 0.15) is 23.7 Å². The molecule has 2 aromatic heterocycles. The van der Waals surface area contributed by atoms with Crippen LogP contribution in [0, 0.1) is 0 Å². The van der Waals surface area contributed by atoms with Crippen molar-refractivity contribution in [3.05, 3.63) is 40.1 Å². The van der Waals surface area contributed by atoms with Crippen LogP contribution in [0.5, 0.6) is 0 Å². The molecule has 1 aliphatic heterocycles. The van der Waals surface area contributed by atoms with Gasteiger partial charge in [-0.3, -0.25) is 4.79 Å². The summed E-state index contributed by atoms with van der Waals surface area (Å²) < 4.78 is 36.0. The van der Waals surface area contributed by atoms with Gasteiger partial charge in [-0.25, -0.2) is 22.8 Å². The number of sulfonamides is 1. The first-order valence-electron chi connectivity index (χ1n) is 8.15. The first kappa shape index (κ1) is 16.4. The number of fused-ring (bicyclic) bond motifs is 1. The molecule has 2 aliphatic rings. The Morgan fingerprint density at radius 2 is 2.16 bits per heavy atom. The fraction of sp³-hybridized carbons (Fsp3) is 0.533. The SMILES string of the molecule is Cn1ccnc1S(=O)(=O)NC1COCC1n1nc2c(cc1=O)CCC2. The summed E-state index contributed by atoms with van der Waals surface area (Å²) in [5.41, 5.74) is 1.68. The molecule has 0 saturated carbocycles. The summed E-state index contributed by atoms with van der Waals surface area (Å²) in [7, 11) is -2.21. The van der Waals surface area contributed by atoms with Crippen LogP contribution >= 0.6 is 0 Å². The Kier molecular flexibility index (Phi) is 3.97. The lowest BCUT2D eigenvalue weighted by Gasteiger charge is -2.20. The highest BCUT2D eigenvalue weighted by molar-refractivity contribution is 7.89. The molecule has 1 fully saturated rings. The number of hydrogen-bond acceptors (Lipinski definition) is 6. The number of aromatic nitrogens is 4. The second-order valence-corrected chi connectivity index (χ2v) is 8.01. The minimum atomic E-state index is -3.82. The van der Waals surface area contributed by atoms with Crippen molar-refractivity contribution in [2.45, 2.75) is 36.5 Å². The summed E-state index contributed by atoms with van der Waals surface area (Å²) in [5, 5.41) is 4.39. The van der Waals surface area contributed by atoms with Crippen LogP contribution < -0.4 is 10.3 Å². The summed E-state index contributed by atoms with van der Waals surface area (Å²) in [4.78, 5) is 16.3. The molecule has 134 valence electrons. The molecule has 4 rings (SSSR count). The van der Waals surface area contributed by atoms with E-state index in [-0.39, 0.29) is 23.9 Å². The second kappa shape index (κ2) is 6.04. The Hall–Kier alpha value is -2.04. The summed E-state index contributed by atoms with van der Waals surface area (Å²) in [6.45, 7) is 0.416. The van der Waals surface area contributed by atoms with E-state index in [4.69, 9.17) is 4.74 Å². The maximum atomic E-state index is 12.6. The minimum absolute atomic E-state index is 0.0765. The van der Waals surface area contributed by atoms with Crippen LogP contribution in [0.15, 0.2) is 28.4 Å². The van der Waals surface area contributed by atoms with Crippen molar-refractivity contribution >= 4 is 10.0 Å². The average Bonchev–Trinajstić information content (AvgIpc) is 3.26. The molecule has 2 atom stereocenters. The highest BCUT2D eigenvalue weighted by atomic mass is 32.2. The van der Waals surface area contributed by atoms with E-state index in [0.717, 1.165) is 30.5 Å². The largest absolute Gasteiger partial charge is 0.377 e. The van der Waals surface area contributed by atoms with Crippen molar-refractivity contribution in [3.8, 4) is 0 Å². The Morgan fingerprint density at radius 1 is 1.32 bits per heavy atom. The smallest absolute Gasteiger partial charge is 0.274 e. The van der Waals surface area contributed by atoms with Gasteiger partial charge in [-0.1, -0.05) is 0 Å². The van der Waals surface area contributed by atoms with Gasteiger partial charge in [-0.05, 0) is 24.8 Å². The molecule has 0 radical (unpaired) electrons. The summed E-state index contributed by atoms with van der Waals surface area (Å²) in [6, 6.07) is 0.553. The molecular formula is C15H19N5O4S. The summed E-state index contributed by atoms with van der Waals surface area (Å²) in [6.07, 6.45) is 5.68. The highest BCUT2D eigenvalue weighted by Crippen LogP contribution is 2.22. The van der Waals surface area contributed by atoms with Gasteiger partial charge in [0.15, 0.2) is 0 Å². The maximum absolute atomic E-state index is 12.6. The number of imidazole rings is 1. The molecule has 3 heterocycles. The first-order chi connectivity index (χ1) is 12.0. The van der Waals surface area contributed by atoms with Gasteiger partial charge in [0.2, 0.25) is 5.16 Å². The highest BCUT2D eigenvalue weighted by Gasteiger charge is 2.36. The van der Waals surface area contributed by atoms with Gasteiger partial charge in [0, 0.05) is 25.5 Å². The number of ether oxygens (including phenoxy) is 1. The van der Waals surface area contributed by atoms with Gasteiger partial charge in [-0.15, -0.1) is 0 Å². The molecule has 2 aromatic rings. The van der Waals surface area contributed by atoms with Crippen LogP contribution in [-0.4, -0.2) is 47.0 Å². The van der Waals surface area contributed by atoms with Crippen molar-refractivity contribution in [2.24, 2.45) is 7.05 Å². The third-order valence-electron chi connectivity index (χ3n) is 4.67. The van der Waals surface area contributed by atoms with Crippen LogP contribution in [0.2, 0.25) is 0 Å². The van der Waals surface area contributed by atoms with Crippen LogP contribution in [0.25, 0.3) is 0 Å².